The SMILES string of the molecule is CC(N=C1NS(=O)(=O)C(c2ccc(N3CCN(C)CC3)cc2)C(C)(C)O1)C1=CCCC=C1F. The number of anilines is 1. The minimum atomic E-state index is -3.82. The Balaban J connectivity index is 1.54. The molecule has 9 heteroatoms. The monoisotopic (exact) mass is 476 g/mol. The lowest BCUT2D eigenvalue weighted by molar-refractivity contribution is 0.0763. The third kappa shape index (κ3) is 5.09. The number of likely N-dealkylation sites (N-methyl/N-ethyl adjacent to an activating group) is 1. The summed E-state index contributed by atoms with van der Waals surface area (Å²) in [5.74, 6) is -0.311. The van der Waals surface area contributed by atoms with Crippen molar-refractivity contribution < 1.29 is 17.5 Å². The highest BCUT2D eigenvalue weighted by Gasteiger charge is 2.48. The molecule has 0 saturated carbocycles. The Morgan fingerprint density at radius 3 is 2.36 bits per heavy atom. The summed E-state index contributed by atoms with van der Waals surface area (Å²) in [6.45, 7) is 9.10. The summed E-state index contributed by atoms with van der Waals surface area (Å²) >= 11 is 0. The second-order valence-corrected chi connectivity index (χ2v) is 11.3. The summed E-state index contributed by atoms with van der Waals surface area (Å²) in [7, 11) is -1.71. The average molecular weight is 477 g/mol. The summed E-state index contributed by atoms with van der Waals surface area (Å²) in [4.78, 5) is 8.95. The van der Waals surface area contributed by atoms with Gasteiger partial charge in [0.2, 0.25) is 10.0 Å². The third-order valence-corrected chi connectivity index (χ3v) is 8.41. The van der Waals surface area contributed by atoms with Gasteiger partial charge in [0.05, 0.1) is 6.04 Å². The smallest absolute Gasteiger partial charge is 0.299 e. The number of piperazine rings is 1. The molecule has 180 valence electrons. The molecule has 0 amide bonds. The molecule has 1 N–H and O–H groups in total. The Hall–Kier alpha value is -2.39. The zero-order chi connectivity index (χ0) is 23.8. The van der Waals surface area contributed by atoms with E-state index in [9.17, 15) is 12.8 Å². The first-order valence-corrected chi connectivity index (χ1v) is 13.0. The molecule has 0 spiro atoms. The van der Waals surface area contributed by atoms with E-state index in [4.69, 9.17) is 4.74 Å². The molecule has 1 aromatic rings. The fourth-order valence-corrected chi connectivity index (χ4v) is 6.48. The van der Waals surface area contributed by atoms with Crippen LogP contribution in [0.5, 0.6) is 0 Å². The number of halogens is 1. The lowest BCUT2D eigenvalue weighted by Gasteiger charge is -2.40. The molecule has 3 aliphatic rings. The van der Waals surface area contributed by atoms with Gasteiger partial charge in [-0.05, 0) is 64.4 Å². The first-order valence-electron chi connectivity index (χ1n) is 11.4. The zero-order valence-electron chi connectivity index (χ0n) is 19.7. The molecule has 2 fully saturated rings. The minimum Gasteiger partial charge on any atom is -0.457 e. The number of rotatable bonds is 4. The van der Waals surface area contributed by atoms with Crippen molar-refractivity contribution in [1.82, 2.24) is 9.62 Å². The number of hydrogen-bond acceptors (Lipinski definition) is 6. The second kappa shape index (κ2) is 9.10. The van der Waals surface area contributed by atoms with E-state index in [0.29, 0.717) is 17.6 Å². The van der Waals surface area contributed by atoms with Crippen LogP contribution >= 0.6 is 0 Å². The molecule has 0 bridgehead atoms. The number of nitrogens with zero attached hydrogens (tertiary/aromatic N) is 3. The molecule has 2 saturated heterocycles. The van der Waals surface area contributed by atoms with Crippen molar-refractivity contribution in [2.75, 3.05) is 38.1 Å². The minimum absolute atomic E-state index is 0.0999. The number of allylic oxidation sites excluding steroid dienone is 2. The normalized spacial score (nSPS) is 27.2. The highest BCUT2D eigenvalue weighted by atomic mass is 32.2. The number of benzene rings is 1. The molecular weight excluding hydrogens is 443 g/mol. The van der Waals surface area contributed by atoms with Gasteiger partial charge in [0.15, 0.2) is 0 Å². The van der Waals surface area contributed by atoms with E-state index in [0.717, 1.165) is 38.3 Å². The Morgan fingerprint density at radius 1 is 1.12 bits per heavy atom. The molecule has 7 nitrogen and oxygen atoms in total. The van der Waals surface area contributed by atoms with Crippen LogP contribution in [-0.2, 0) is 14.8 Å². The van der Waals surface area contributed by atoms with Crippen molar-refractivity contribution >= 4 is 21.7 Å². The number of aliphatic imine (C=N–C) groups is 1. The first-order chi connectivity index (χ1) is 15.6. The number of amidine groups is 1. The van der Waals surface area contributed by atoms with Crippen molar-refractivity contribution in [2.45, 2.75) is 50.5 Å². The highest BCUT2D eigenvalue weighted by Crippen LogP contribution is 2.39. The molecule has 2 heterocycles. The van der Waals surface area contributed by atoms with Gasteiger partial charge < -0.3 is 14.5 Å². The molecule has 2 aliphatic heterocycles. The molecule has 2 atom stereocenters. The average Bonchev–Trinajstić information content (AvgIpc) is 2.73. The fourth-order valence-electron chi connectivity index (χ4n) is 4.72. The van der Waals surface area contributed by atoms with Crippen LogP contribution in [0.4, 0.5) is 10.1 Å². The van der Waals surface area contributed by atoms with Crippen molar-refractivity contribution in [3.05, 3.63) is 53.4 Å². The Labute approximate surface area is 196 Å². The van der Waals surface area contributed by atoms with Crippen LogP contribution in [0.15, 0.2) is 52.8 Å². The fraction of sp³-hybridized carbons (Fsp3) is 0.542. The van der Waals surface area contributed by atoms with Gasteiger partial charge in [-0.1, -0.05) is 18.2 Å². The summed E-state index contributed by atoms with van der Waals surface area (Å²) in [5.41, 5.74) is 1.13. The lowest BCUT2D eigenvalue weighted by Crippen LogP contribution is -2.53. The number of hydrogen-bond donors (Lipinski definition) is 1. The third-order valence-electron chi connectivity index (χ3n) is 6.49. The summed E-state index contributed by atoms with van der Waals surface area (Å²) in [6.07, 6.45) is 4.73. The van der Waals surface area contributed by atoms with E-state index in [1.54, 1.807) is 26.8 Å². The molecule has 0 aromatic heterocycles. The van der Waals surface area contributed by atoms with Gasteiger partial charge >= 0.3 is 0 Å². The lowest BCUT2D eigenvalue weighted by atomic mass is 9.97. The highest BCUT2D eigenvalue weighted by molar-refractivity contribution is 7.90. The van der Waals surface area contributed by atoms with Crippen LogP contribution in [0.25, 0.3) is 0 Å². The Kier molecular flexibility index (Phi) is 6.55. The van der Waals surface area contributed by atoms with Gasteiger partial charge in [0.1, 0.15) is 16.7 Å². The van der Waals surface area contributed by atoms with Crippen LogP contribution in [0.1, 0.15) is 44.4 Å². The number of nitrogens with one attached hydrogen (secondary N) is 1. The van der Waals surface area contributed by atoms with Crippen molar-refractivity contribution in [3.63, 3.8) is 0 Å². The summed E-state index contributed by atoms with van der Waals surface area (Å²) in [5, 5.41) is -0.911. The van der Waals surface area contributed by atoms with E-state index in [-0.39, 0.29) is 11.8 Å². The van der Waals surface area contributed by atoms with E-state index in [2.05, 4.69) is 26.6 Å². The molecule has 0 radical (unpaired) electrons. The molecular formula is C24H33FN4O3S. The van der Waals surface area contributed by atoms with Crippen LogP contribution in [0, 0.1) is 0 Å². The topological polar surface area (TPSA) is 74.2 Å². The van der Waals surface area contributed by atoms with Crippen LogP contribution in [0.2, 0.25) is 0 Å². The van der Waals surface area contributed by atoms with E-state index in [1.807, 2.05) is 24.3 Å². The maximum atomic E-state index is 14.2. The van der Waals surface area contributed by atoms with Gasteiger partial charge in [0.25, 0.3) is 6.02 Å². The summed E-state index contributed by atoms with van der Waals surface area (Å²) < 4.78 is 49.2. The van der Waals surface area contributed by atoms with E-state index in [1.165, 1.54) is 6.08 Å². The molecule has 4 rings (SSSR count). The van der Waals surface area contributed by atoms with E-state index >= 15 is 0 Å². The van der Waals surface area contributed by atoms with Crippen LogP contribution in [0.3, 0.4) is 0 Å². The van der Waals surface area contributed by atoms with Crippen molar-refractivity contribution in [1.29, 1.82) is 0 Å². The Bertz CT molecular complexity index is 1070. The number of sulfonamides is 1. The molecule has 1 aromatic carbocycles. The Morgan fingerprint density at radius 2 is 1.76 bits per heavy atom. The number of ether oxygens (including phenoxy) is 1. The largest absolute Gasteiger partial charge is 0.457 e. The zero-order valence-corrected chi connectivity index (χ0v) is 20.5. The van der Waals surface area contributed by atoms with Gasteiger partial charge in [0, 0.05) is 37.4 Å². The second-order valence-electron chi connectivity index (χ2n) is 9.51. The molecule has 1 aliphatic carbocycles. The summed E-state index contributed by atoms with van der Waals surface area (Å²) in [6, 6.07) is 7.01. The van der Waals surface area contributed by atoms with Crippen molar-refractivity contribution in [3.8, 4) is 0 Å². The van der Waals surface area contributed by atoms with Gasteiger partial charge in [-0.25, -0.2) is 22.5 Å². The standard InChI is InChI=1S/C24H33FN4O3S/c1-17(20-7-5-6-8-21(20)25)26-23-27-33(30,31)22(24(2,3)32-23)18-9-11-19(12-10-18)29-15-13-28(4)14-16-29/h7-12,17,22H,5-6,13-16H2,1-4H3,(H,26,27). The maximum absolute atomic E-state index is 14.2. The quantitative estimate of drug-likeness (QED) is 0.720. The van der Waals surface area contributed by atoms with Gasteiger partial charge in [-0.3, -0.25) is 0 Å². The van der Waals surface area contributed by atoms with Gasteiger partial charge in [-0.15, -0.1) is 0 Å². The molecule has 33 heavy (non-hydrogen) atoms. The predicted molar refractivity (Wildman–Crippen MR) is 130 cm³/mol. The van der Waals surface area contributed by atoms with Crippen LogP contribution < -0.4 is 9.62 Å². The van der Waals surface area contributed by atoms with E-state index < -0.39 is 26.9 Å². The first kappa shape index (κ1) is 23.8. The maximum Gasteiger partial charge on any atom is 0.299 e. The predicted octanol–water partition coefficient (Wildman–Crippen LogP) is 3.53. The van der Waals surface area contributed by atoms with Crippen LogP contribution in [-0.4, -0.2) is 64.2 Å². The molecule has 2 unspecified atom stereocenters. The van der Waals surface area contributed by atoms with Gasteiger partial charge in [-0.2, -0.15) is 0 Å². The van der Waals surface area contributed by atoms with Crippen molar-refractivity contribution in [2.24, 2.45) is 4.99 Å².